The average Bonchev–Trinajstić information content (AvgIpc) is 2.69. The molecule has 2 fully saturated rings. The van der Waals surface area contributed by atoms with E-state index in [1.165, 1.54) is 0 Å². The molecule has 0 aromatic carbocycles. The van der Waals surface area contributed by atoms with Crippen molar-refractivity contribution in [3.05, 3.63) is 30.9 Å². The lowest BCUT2D eigenvalue weighted by atomic mass is 9.71. The lowest BCUT2D eigenvalue weighted by molar-refractivity contribution is 0.0593. The molecular formula is C18H24N6OS. The van der Waals surface area contributed by atoms with Crippen molar-refractivity contribution in [1.29, 1.82) is 0 Å². The molecule has 7 nitrogen and oxygen atoms in total. The highest BCUT2D eigenvalue weighted by molar-refractivity contribution is 7.98. The van der Waals surface area contributed by atoms with Crippen LogP contribution in [0.2, 0.25) is 0 Å². The van der Waals surface area contributed by atoms with Gasteiger partial charge in [0.05, 0.1) is 12.3 Å². The molecular weight excluding hydrogens is 348 g/mol. The maximum Gasteiger partial charge on any atom is 0.226 e. The van der Waals surface area contributed by atoms with Crippen molar-refractivity contribution in [1.82, 2.24) is 19.9 Å². The van der Waals surface area contributed by atoms with Crippen molar-refractivity contribution in [2.45, 2.75) is 30.4 Å². The van der Waals surface area contributed by atoms with E-state index in [4.69, 9.17) is 0 Å². The maximum atomic E-state index is 10.5. The molecule has 2 saturated heterocycles. The molecule has 2 aliphatic heterocycles. The monoisotopic (exact) mass is 372 g/mol. The summed E-state index contributed by atoms with van der Waals surface area (Å²) >= 11 is 1.64. The van der Waals surface area contributed by atoms with Gasteiger partial charge >= 0.3 is 0 Å². The number of aliphatic hydroxyl groups is 1. The first-order valence-electron chi connectivity index (χ1n) is 8.98. The second-order valence-electron chi connectivity index (χ2n) is 7.19. The van der Waals surface area contributed by atoms with E-state index in [1.807, 2.05) is 18.5 Å². The summed E-state index contributed by atoms with van der Waals surface area (Å²) in [4.78, 5) is 22.1. The zero-order valence-corrected chi connectivity index (χ0v) is 15.8. The summed E-state index contributed by atoms with van der Waals surface area (Å²) in [7, 11) is 0. The predicted octanol–water partition coefficient (Wildman–Crippen LogP) is 1.85. The largest absolute Gasteiger partial charge is 0.391 e. The van der Waals surface area contributed by atoms with Crippen LogP contribution in [-0.4, -0.2) is 63.6 Å². The topological polar surface area (TPSA) is 78.3 Å². The van der Waals surface area contributed by atoms with Crippen LogP contribution in [0.15, 0.2) is 35.9 Å². The van der Waals surface area contributed by atoms with Crippen molar-refractivity contribution < 1.29 is 5.11 Å². The molecule has 0 aliphatic carbocycles. The van der Waals surface area contributed by atoms with Crippen molar-refractivity contribution >= 4 is 23.5 Å². The van der Waals surface area contributed by atoms with Gasteiger partial charge in [-0.05, 0) is 37.0 Å². The maximum absolute atomic E-state index is 10.5. The van der Waals surface area contributed by atoms with Crippen molar-refractivity contribution in [2.75, 3.05) is 42.2 Å². The molecule has 1 N–H and O–H groups in total. The number of rotatable bonds is 3. The molecule has 2 aromatic heterocycles. The van der Waals surface area contributed by atoms with Crippen LogP contribution in [0.1, 0.15) is 19.3 Å². The van der Waals surface area contributed by atoms with Gasteiger partial charge in [-0.1, -0.05) is 0 Å². The molecule has 2 aliphatic rings. The first-order chi connectivity index (χ1) is 12.7. The number of hydrogen-bond donors (Lipinski definition) is 1. The standard InChI is InChI=1S/C18H24N6OS/c1-26-16-2-5-21-17(22-16)23-8-3-18(4-9-23)10-14(25)12-24(13-18)15-11-19-6-7-20-15/h2,5-7,11,14,25H,3-4,8-10,12-13H2,1H3. The molecule has 26 heavy (non-hydrogen) atoms. The Morgan fingerprint density at radius 1 is 1.15 bits per heavy atom. The second kappa shape index (κ2) is 7.36. The lowest BCUT2D eigenvalue weighted by Crippen LogP contribution is -2.54. The first kappa shape index (κ1) is 17.5. The van der Waals surface area contributed by atoms with Crippen LogP contribution < -0.4 is 9.80 Å². The van der Waals surface area contributed by atoms with Crippen LogP contribution in [0.25, 0.3) is 0 Å². The number of piperidine rings is 2. The molecule has 0 radical (unpaired) electrons. The molecule has 4 rings (SSSR count). The lowest BCUT2D eigenvalue weighted by Gasteiger charge is -2.49. The van der Waals surface area contributed by atoms with E-state index in [2.05, 4.69) is 29.7 Å². The minimum atomic E-state index is -0.326. The summed E-state index contributed by atoms with van der Waals surface area (Å²) in [5.41, 5.74) is 0.114. The normalized spacial score (nSPS) is 22.6. The van der Waals surface area contributed by atoms with Crippen LogP contribution in [0.3, 0.4) is 0 Å². The highest BCUT2D eigenvalue weighted by Crippen LogP contribution is 2.41. The Bertz CT molecular complexity index is 737. The van der Waals surface area contributed by atoms with Crippen LogP contribution >= 0.6 is 11.8 Å². The smallest absolute Gasteiger partial charge is 0.226 e. The van der Waals surface area contributed by atoms with E-state index >= 15 is 0 Å². The summed E-state index contributed by atoms with van der Waals surface area (Å²) in [5.74, 6) is 1.66. The Morgan fingerprint density at radius 2 is 2.00 bits per heavy atom. The summed E-state index contributed by atoms with van der Waals surface area (Å²) in [5, 5.41) is 11.5. The van der Waals surface area contributed by atoms with Crippen LogP contribution in [0.4, 0.5) is 11.8 Å². The fourth-order valence-electron chi connectivity index (χ4n) is 4.12. The number of aliphatic hydroxyl groups excluding tert-OH is 1. The second-order valence-corrected chi connectivity index (χ2v) is 8.01. The van der Waals surface area contributed by atoms with Gasteiger partial charge in [0, 0.05) is 44.8 Å². The summed E-state index contributed by atoms with van der Waals surface area (Å²) < 4.78 is 0. The van der Waals surface area contributed by atoms with Crippen LogP contribution in [0, 0.1) is 5.41 Å². The quantitative estimate of drug-likeness (QED) is 0.646. The average molecular weight is 372 g/mol. The molecule has 4 heterocycles. The Labute approximate surface area is 157 Å². The van der Waals surface area contributed by atoms with Crippen molar-refractivity contribution in [2.24, 2.45) is 5.41 Å². The van der Waals surface area contributed by atoms with E-state index < -0.39 is 0 Å². The van der Waals surface area contributed by atoms with Gasteiger partial charge in [0.15, 0.2) is 0 Å². The summed E-state index contributed by atoms with van der Waals surface area (Å²) in [6.45, 7) is 3.38. The fourth-order valence-corrected chi connectivity index (χ4v) is 4.49. The van der Waals surface area contributed by atoms with E-state index in [0.29, 0.717) is 6.54 Å². The first-order valence-corrected chi connectivity index (χ1v) is 10.2. The highest BCUT2D eigenvalue weighted by atomic mass is 32.2. The molecule has 1 unspecified atom stereocenters. The third-order valence-corrected chi connectivity index (χ3v) is 6.08. The predicted molar refractivity (Wildman–Crippen MR) is 103 cm³/mol. The molecule has 138 valence electrons. The zero-order chi connectivity index (χ0) is 18.0. The summed E-state index contributed by atoms with van der Waals surface area (Å²) in [6.07, 6.45) is 11.6. The van der Waals surface area contributed by atoms with Gasteiger partial charge in [0.2, 0.25) is 5.95 Å². The number of anilines is 2. The van der Waals surface area contributed by atoms with E-state index in [0.717, 1.165) is 55.7 Å². The molecule has 1 atom stereocenters. The summed E-state index contributed by atoms with van der Waals surface area (Å²) in [6, 6.07) is 1.94. The zero-order valence-electron chi connectivity index (χ0n) is 15.0. The Balaban J connectivity index is 1.46. The number of aromatic nitrogens is 4. The number of nitrogens with zero attached hydrogens (tertiary/aromatic N) is 6. The Kier molecular flexibility index (Phi) is 4.95. The number of thioether (sulfide) groups is 1. The highest BCUT2D eigenvalue weighted by Gasteiger charge is 2.42. The van der Waals surface area contributed by atoms with Crippen LogP contribution in [-0.2, 0) is 0 Å². The van der Waals surface area contributed by atoms with Gasteiger partial charge in [0.1, 0.15) is 10.8 Å². The van der Waals surface area contributed by atoms with E-state index in [1.54, 1.807) is 30.4 Å². The third-order valence-electron chi connectivity index (χ3n) is 5.43. The number of hydrogen-bond acceptors (Lipinski definition) is 8. The van der Waals surface area contributed by atoms with Gasteiger partial charge in [-0.2, -0.15) is 0 Å². The SMILES string of the molecule is CSc1ccnc(N2CCC3(CC2)CC(O)CN(c2cnccn2)C3)n1. The van der Waals surface area contributed by atoms with Crippen molar-refractivity contribution in [3.63, 3.8) is 0 Å². The molecule has 0 saturated carbocycles. The fraction of sp³-hybridized carbons (Fsp3) is 0.556. The van der Waals surface area contributed by atoms with Crippen molar-refractivity contribution in [3.8, 4) is 0 Å². The van der Waals surface area contributed by atoms with Crippen LogP contribution in [0.5, 0.6) is 0 Å². The minimum absolute atomic E-state index is 0.114. The molecule has 8 heteroatoms. The molecule has 0 amide bonds. The molecule has 0 bridgehead atoms. The Hall–Kier alpha value is -1.93. The van der Waals surface area contributed by atoms with Gasteiger partial charge in [-0.3, -0.25) is 4.98 Å². The number of β-amino-alcohol motifs (C(OH)–C–C–N with tert-alkyl or cyclic N) is 1. The van der Waals surface area contributed by atoms with Gasteiger partial charge in [-0.25, -0.2) is 15.0 Å². The van der Waals surface area contributed by atoms with Gasteiger partial charge in [0.25, 0.3) is 0 Å². The minimum Gasteiger partial charge on any atom is -0.391 e. The van der Waals surface area contributed by atoms with E-state index in [9.17, 15) is 5.11 Å². The third kappa shape index (κ3) is 3.61. The molecule has 2 aromatic rings. The van der Waals surface area contributed by atoms with Gasteiger partial charge < -0.3 is 14.9 Å². The van der Waals surface area contributed by atoms with Gasteiger partial charge in [-0.15, -0.1) is 11.8 Å². The molecule has 1 spiro atoms. The van der Waals surface area contributed by atoms with E-state index in [-0.39, 0.29) is 11.5 Å². The Morgan fingerprint density at radius 3 is 2.73 bits per heavy atom.